The second-order valence-corrected chi connectivity index (χ2v) is 5.47. The predicted molar refractivity (Wildman–Crippen MR) is 83.3 cm³/mol. The van der Waals surface area contributed by atoms with Gasteiger partial charge in [-0.15, -0.1) is 0 Å². The number of para-hydroxylation sites is 1. The predicted octanol–water partition coefficient (Wildman–Crippen LogP) is 1.77. The Bertz CT molecular complexity index is 793. The third kappa shape index (κ3) is 2.17. The highest BCUT2D eigenvalue weighted by atomic mass is 16.7. The Morgan fingerprint density at radius 1 is 1.17 bits per heavy atom. The van der Waals surface area contributed by atoms with Gasteiger partial charge in [0.05, 0.1) is 5.56 Å². The monoisotopic (exact) mass is 329 g/mol. The summed E-state index contributed by atoms with van der Waals surface area (Å²) in [5, 5.41) is 22.2. The number of methoxy groups -OCH3 is 1. The van der Waals surface area contributed by atoms with E-state index < -0.39 is 28.6 Å². The van der Waals surface area contributed by atoms with E-state index in [2.05, 4.69) is 0 Å². The summed E-state index contributed by atoms with van der Waals surface area (Å²) in [7, 11) is 1.24. The van der Waals surface area contributed by atoms with E-state index >= 15 is 0 Å². The first-order chi connectivity index (χ1) is 11.4. The fourth-order valence-electron chi connectivity index (χ4n) is 3.00. The van der Waals surface area contributed by atoms with E-state index in [1.165, 1.54) is 13.2 Å². The van der Waals surface area contributed by atoms with Crippen LogP contribution in [0.4, 0.5) is 0 Å². The van der Waals surface area contributed by atoms with Gasteiger partial charge in [0.25, 0.3) is 11.4 Å². The molecular weight excluding hydrogens is 314 g/mol. The van der Waals surface area contributed by atoms with Crippen molar-refractivity contribution < 1.29 is 24.3 Å². The first-order valence-electron chi connectivity index (χ1n) is 7.22. The van der Waals surface area contributed by atoms with Gasteiger partial charge in [-0.3, -0.25) is 14.9 Å². The average molecular weight is 329 g/mol. The molecule has 0 spiro atoms. The average Bonchev–Trinajstić information content (AvgIpc) is 2.58. The lowest BCUT2D eigenvalue weighted by molar-refractivity contribution is -0.510. The summed E-state index contributed by atoms with van der Waals surface area (Å²) < 4.78 is 11.3. The van der Waals surface area contributed by atoms with Gasteiger partial charge < -0.3 is 14.6 Å². The molecule has 0 saturated heterocycles. The van der Waals surface area contributed by atoms with Crippen LogP contribution in [0.2, 0.25) is 0 Å². The molecule has 0 aromatic heterocycles. The van der Waals surface area contributed by atoms with E-state index in [4.69, 9.17) is 9.47 Å². The van der Waals surface area contributed by atoms with E-state index in [0.29, 0.717) is 5.56 Å². The molecule has 0 saturated carbocycles. The zero-order valence-corrected chi connectivity index (χ0v) is 12.8. The molecule has 0 unspecified atom stereocenters. The van der Waals surface area contributed by atoms with Gasteiger partial charge in [-0.2, -0.15) is 0 Å². The number of ether oxygens (including phenoxy) is 2. The largest absolute Gasteiger partial charge is 0.453 e. The van der Waals surface area contributed by atoms with E-state index in [0.717, 1.165) is 0 Å². The number of hydrogen-bond acceptors (Lipinski definition) is 6. The second kappa shape index (κ2) is 5.70. The molecule has 2 aromatic rings. The molecule has 0 fully saturated rings. The Hall–Kier alpha value is -2.77. The van der Waals surface area contributed by atoms with Crippen molar-refractivity contribution in [3.63, 3.8) is 0 Å². The quantitative estimate of drug-likeness (QED) is 0.678. The van der Waals surface area contributed by atoms with Gasteiger partial charge in [-0.1, -0.05) is 42.5 Å². The number of fused-ring (bicyclic) bond motifs is 1. The molecule has 24 heavy (non-hydrogen) atoms. The number of hydrogen-bond donors (Lipinski definition) is 1. The van der Waals surface area contributed by atoms with Crippen molar-refractivity contribution in [2.75, 3.05) is 13.7 Å². The number of benzene rings is 2. The summed E-state index contributed by atoms with van der Waals surface area (Å²) in [5.41, 5.74) is -2.13. The summed E-state index contributed by atoms with van der Waals surface area (Å²) in [6.45, 7) is -1.05. The lowest BCUT2D eigenvalue weighted by Crippen LogP contribution is -2.66. The smallest absolute Gasteiger partial charge is 0.280 e. The molecule has 3 rings (SSSR count). The Morgan fingerprint density at radius 2 is 1.79 bits per heavy atom. The van der Waals surface area contributed by atoms with Crippen molar-refractivity contribution in [2.24, 2.45) is 0 Å². The number of nitro groups is 1. The van der Waals surface area contributed by atoms with E-state index in [-0.39, 0.29) is 11.3 Å². The maximum atomic E-state index is 12.9. The summed E-state index contributed by atoms with van der Waals surface area (Å²) in [6, 6.07) is 14.5. The molecule has 0 radical (unpaired) electrons. The van der Waals surface area contributed by atoms with Crippen molar-refractivity contribution in [1.29, 1.82) is 0 Å². The van der Waals surface area contributed by atoms with Crippen LogP contribution in [0.3, 0.4) is 0 Å². The van der Waals surface area contributed by atoms with E-state index in [1.807, 2.05) is 0 Å². The molecule has 1 N–H and O–H groups in total. The summed E-state index contributed by atoms with van der Waals surface area (Å²) in [4.78, 5) is 23.3. The van der Waals surface area contributed by atoms with Gasteiger partial charge in [0.1, 0.15) is 5.75 Å². The van der Waals surface area contributed by atoms with Gasteiger partial charge in [-0.05, 0) is 12.1 Å². The number of aliphatic hydroxyl groups is 1. The Morgan fingerprint density at radius 3 is 2.42 bits per heavy atom. The number of nitrogens with zero attached hydrogens (tertiary/aromatic N) is 1. The fourth-order valence-corrected chi connectivity index (χ4v) is 3.00. The molecule has 2 atom stereocenters. The van der Waals surface area contributed by atoms with E-state index in [1.54, 1.807) is 48.5 Å². The zero-order valence-electron chi connectivity index (χ0n) is 12.8. The number of ketones is 1. The molecule has 2 aromatic carbocycles. The van der Waals surface area contributed by atoms with Gasteiger partial charge >= 0.3 is 0 Å². The van der Waals surface area contributed by atoms with Crippen LogP contribution in [0.25, 0.3) is 0 Å². The van der Waals surface area contributed by atoms with Gasteiger partial charge in [-0.25, -0.2) is 0 Å². The SMILES string of the molecule is CO[C@]1(c2ccccc2)Oc2ccccc2C(=O)[C@]1(O)C[N+](=O)[O-]. The summed E-state index contributed by atoms with van der Waals surface area (Å²) in [6.07, 6.45) is 0. The highest BCUT2D eigenvalue weighted by molar-refractivity contribution is 6.06. The molecule has 7 nitrogen and oxygen atoms in total. The molecule has 0 bridgehead atoms. The summed E-state index contributed by atoms with van der Waals surface area (Å²) in [5.74, 6) is -2.64. The van der Waals surface area contributed by atoms with Crippen LogP contribution < -0.4 is 4.74 Å². The van der Waals surface area contributed by atoms with Crippen molar-refractivity contribution in [3.05, 3.63) is 75.8 Å². The lowest BCUT2D eigenvalue weighted by Gasteiger charge is -2.45. The van der Waals surface area contributed by atoms with E-state index in [9.17, 15) is 20.0 Å². The number of rotatable bonds is 4. The normalized spacial score (nSPS) is 25.7. The number of Topliss-reactive ketones (excluding diaryl/α,β-unsaturated/α-hetero) is 1. The first-order valence-corrected chi connectivity index (χ1v) is 7.22. The number of carbonyl (C=O) groups excluding carboxylic acids is 1. The minimum atomic E-state index is -2.51. The van der Waals surface area contributed by atoms with Crippen molar-refractivity contribution in [3.8, 4) is 5.75 Å². The Labute approximate surface area is 137 Å². The van der Waals surface area contributed by atoms with Crippen LogP contribution in [0.1, 0.15) is 15.9 Å². The molecular formula is C17H15NO6. The maximum Gasteiger partial charge on any atom is 0.280 e. The molecule has 1 heterocycles. The van der Waals surface area contributed by atoms with Crippen molar-refractivity contribution >= 4 is 5.78 Å². The fraction of sp³-hybridized carbons (Fsp3) is 0.235. The Balaban J connectivity index is 2.28. The van der Waals surface area contributed by atoms with Gasteiger partial charge in [0.2, 0.25) is 12.3 Å². The van der Waals surface area contributed by atoms with Crippen LogP contribution in [-0.4, -0.2) is 35.1 Å². The molecule has 7 heteroatoms. The van der Waals surface area contributed by atoms with Crippen molar-refractivity contribution in [2.45, 2.75) is 11.4 Å². The third-order valence-electron chi connectivity index (χ3n) is 4.10. The van der Waals surface area contributed by atoms with Gasteiger partial charge in [0.15, 0.2) is 0 Å². The summed E-state index contributed by atoms with van der Waals surface area (Å²) >= 11 is 0. The minimum Gasteiger partial charge on any atom is -0.453 e. The lowest BCUT2D eigenvalue weighted by atomic mass is 9.78. The number of carbonyl (C=O) groups is 1. The van der Waals surface area contributed by atoms with Gasteiger partial charge in [0, 0.05) is 17.6 Å². The van der Waals surface area contributed by atoms with Crippen LogP contribution in [0.15, 0.2) is 54.6 Å². The Kier molecular flexibility index (Phi) is 3.82. The molecule has 124 valence electrons. The van der Waals surface area contributed by atoms with Crippen LogP contribution in [0, 0.1) is 10.1 Å². The molecule has 0 amide bonds. The highest BCUT2D eigenvalue weighted by Gasteiger charge is 2.66. The van der Waals surface area contributed by atoms with Crippen LogP contribution in [-0.2, 0) is 10.5 Å². The molecule has 1 aliphatic rings. The second-order valence-electron chi connectivity index (χ2n) is 5.47. The standard InChI is InChI=1S/C17H15NO6/c1-23-17(12-7-3-2-4-8-12)16(20,11-18(21)22)15(19)13-9-5-6-10-14(13)24-17/h2-10,20H,11H2,1H3/t16-,17-/m1/s1. The van der Waals surface area contributed by atoms with Crippen LogP contribution >= 0.6 is 0 Å². The topological polar surface area (TPSA) is 98.9 Å². The van der Waals surface area contributed by atoms with Crippen molar-refractivity contribution in [1.82, 2.24) is 0 Å². The highest BCUT2D eigenvalue weighted by Crippen LogP contribution is 2.46. The maximum absolute atomic E-state index is 12.9. The first kappa shape index (κ1) is 16.1. The van der Waals surface area contributed by atoms with Crippen LogP contribution in [0.5, 0.6) is 5.75 Å². The zero-order chi connectivity index (χ0) is 17.4. The molecule has 0 aliphatic carbocycles. The third-order valence-corrected chi connectivity index (χ3v) is 4.10. The minimum absolute atomic E-state index is 0.0745. The molecule has 1 aliphatic heterocycles.